The molecule has 0 saturated heterocycles. The summed E-state index contributed by atoms with van der Waals surface area (Å²) in [5.74, 6) is 0.523. The average Bonchev–Trinajstić information content (AvgIpc) is 2.72. The van der Waals surface area contributed by atoms with E-state index in [0.717, 1.165) is 18.6 Å². The summed E-state index contributed by atoms with van der Waals surface area (Å²) < 4.78 is 7.00. The van der Waals surface area contributed by atoms with Gasteiger partial charge in [0.1, 0.15) is 5.75 Å². The van der Waals surface area contributed by atoms with Crippen LogP contribution in [0.25, 0.3) is 11.0 Å². The van der Waals surface area contributed by atoms with Crippen molar-refractivity contribution in [2.75, 3.05) is 13.2 Å². The summed E-state index contributed by atoms with van der Waals surface area (Å²) in [5.41, 5.74) is 0.177. The summed E-state index contributed by atoms with van der Waals surface area (Å²) in [6.45, 7) is 3.22. The Kier molecular flexibility index (Phi) is 6.72. The SMILES string of the molecule is CCn1c(=O)c(=O)[nH]c2cc(C(=O)NCCCCOc3ccc(Cl)cc3)ccc21. The lowest BCUT2D eigenvalue weighted by Crippen LogP contribution is -2.36. The van der Waals surface area contributed by atoms with Gasteiger partial charge in [-0.05, 0) is 62.2 Å². The quantitative estimate of drug-likeness (QED) is 0.437. The van der Waals surface area contributed by atoms with Gasteiger partial charge in [0, 0.05) is 23.7 Å². The molecule has 1 heterocycles. The summed E-state index contributed by atoms with van der Waals surface area (Å²) in [7, 11) is 0. The molecule has 0 aliphatic rings. The van der Waals surface area contributed by atoms with Crippen LogP contribution < -0.4 is 21.2 Å². The Labute approximate surface area is 172 Å². The lowest BCUT2D eigenvalue weighted by molar-refractivity contribution is 0.0952. The van der Waals surface area contributed by atoms with Gasteiger partial charge in [-0.15, -0.1) is 0 Å². The van der Waals surface area contributed by atoms with Crippen molar-refractivity contribution in [3.8, 4) is 5.75 Å². The molecule has 7 nitrogen and oxygen atoms in total. The largest absolute Gasteiger partial charge is 0.494 e. The summed E-state index contributed by atoms with van der Waals surface area (Å²) in [4.78, 5) is 38.6. The van der Waals surface area contributed by atoms with Gasteiger partial charge in [0.2, 0.25) is 0 Å². The second kappa shape index (κ2) is 9.43. The zero-order valence-electron chi connectivity index (χ0n) is 16.0. The smallest absolute Gasteiger partial charge is 0.316 e. The molecule has 0 spiro atoms. The molecule has 2 aromatic carbocycles. The van der Waals surface area contributed by atoms with Gasteiger partial charge in [0.15, 0.2) is 0 Å². The van der Waals surface area contributed by atoms with Crippen LogP contribution in [0.4, 0.5) is 0 Å². The molecule has 0 bridgehead atoms. The number of benzene rings is 2. The number of carbonyl (C=O) groups excluding carboxylic acids is 1. The fourth-order valence-corrected chi connectivity index (χ4v) is 3.11. The van der Waals surface area contributed by atoms with Crippen molar-refractivity contribution in [3.05, 3.63) is 73.8 Å². The van der Waals surface area contributed by atoms with Gasteiger partial charge in [0.05, 0.1) is 17.6 Å². The number of nitrogens with one attached hydrogen (secondary N) is 2. The molecule has 0 aliphatic carbocycles. The van der Waals surface area contributed by atoms with Crippen molar-refractivity contribution in [1.29, 1.82) is 0 Å². The van der Waals surface area contributed by atoms with Crippen molar-refractivity contribution in [2.45, 2.75) is 26.3 Å². The first-order chi connectivity index (χ1) is 14.0. The number of fused-ring (bicyclic) bond motifs is 1. The minimum Gasteiger partial charge on any atom is -0.494 e. The summed E-state index contributed by atoms with van der Waals surface area (Å²) in [5, 5.41) is 3.51. The standard InChI is InChI=1S/C21H22ClN3O4/c1-2-25-18-10-5-14(13-17(18)24-20(27)21(25)28)19(26)23-11-3-4-12-29-16-8-6-15(22)7-9-16/h5-10,13H,2-4,11-12H2,1H3,(H,23,26)(H,24,27). The number of rotatable bonds is 8. The Bertz CT molecular complexity index is 1120. The summed E-state index contributed by atoms with van der Waals surface area (Å²) in [6, 6.07) is 12.1. The van der Waals surface area contributed by atoms with Crippen LogP contribution >= 0.6 is 11.6 Å². The van der Waals surface area contributed by atoms with Crippen LogP contribution in [0.1, 0.15) is 30.1 Å². The summed E-state index contributed by atoms with van der Waals surface area (Å²) >= 11 is 5.83. The Morgan fingerprint density at radius 3 is 2.62 bits per heavy atom. The van der Waals surface area contributed by atoms with Crippen molar-refractivity contribution >= 4 is 28.5 Å². The minimum atomic E-state index is -0.697. The van der Waals surface area contributed by atoms with Crippen LogP contribution in [0.2, 0.25) is 5.02 Å². The van der Waals surface area contributed by atoms with E-state index in [-0.39, 0.29) is 5.91 Å². The number of hydrogen-bond donors (Lipinski definition) is 2. The van der Waals surface area contributed by atoms with Gasteiger partial charge < -0.3 is 19.6 Å². The second-order valence-corrected chi connectivity index (χ2v) is 6.94. The Hall–Kier alpha value is -3.06. The number of ether oxygens (including phenoxy) is 1. The third-order valence-electron chi connectivity index (χ3n) is 4.49. The molecule has 3 rings (SSSR count). The molecule has 152 valence electrons. The molecule has 0 fully saturated rings. The van der Waals surface area contributed by atoms with Crippen LogP contribution in [0.5, 0.6) is 5.75 Å². The van der Waals surface area contributed by atoms with Crippen LogP contribution in [0.15, 0.2) is 52.1 Å². The van der Waals surface area contributed by atoms with E-state index in [9.17, 15) is 14.4 Å². The lowest BCUT2D eigenvalue weighted by atomic mass is 10.1. The molecular formula is C21H22ClN3O4. The van der Waals surface area contributed by atoms with Gasteiger partial charge in [-0.2, -0.15) is 0 Å². The van der Waals surface area contributed by atoms with E-state index in [4.69, 9.17) is 16.3 Å². The van der Waals surface area contributed by atoms with Crippen LogP contribution in [-0.4, -0.2) is 28.6 Å². The number of unbranched alkanes of at least 4 members (excludes halogenated alkanes) is 1. The predicted octanol–water partition coefficient (Wildman–Crippen LogP) is 2.95. The molecule has 8 heteroatoms. The van der Waals surface area contributed by atoms with E-state index in [1.165, 1.54) is 4.57 Å². The number of aryl methyl sites for hydroxylation is 1. The zero-order valence-corrected chi connectivity index (χ0v) is 16.8. The third kappa shape index (κ3) is 5.06. The molecule has 2 N–H and O–H groups in total. The minimum absolute atomic E-state index is 0.236. The Morgan fingerprint density at radius 1 is 1.14 bits per heavy atom. The first-order valence-corrected chi connectivity index (χ1v) is 9.81. The predicted molar refractivity (Wildman–Crippen MR) is 113 cm³/mol. The lowest BCUT2D eigenvalue weighted by Gasteiger charge is -2.10. The number of aromatic amines is 1. The molecule has 1 amide bonds. The van der Waals surface area contributed by atoms with Crippen molar-refractivity contribution in [2.24, 2.45) is 0 Å². The highest BCUT2D eigenvalue weighted by molar-refractivity contribution is 6.30. The van der Waals surface area contributed by atoms with Crippen LogP contribution in [0, 0.1) is 0 Å². The Balaban J connectivity index is 1.52. The molecular weight excluding hydrogens is 394 g/mol. The molecule has 0 saturated carbocycles. The van der Waals surface area contributed by atoms with E-state index >= 15 is 0 Å². The number of aromatic nitrogens is 2. The van der Waals surface area contributed by atoms with Crippen molar-refractivity contribution in [3.63, 3.8) is 0 Å². The topological polar surface area (TPSA) is 93.2 Å². The van der Waals surface area contributed by atoms with E-state index in [1.807, 2.05) is 12.1 Å². The molecule has 0 atom stereocenters. The van der Waals surface area contributed by atoms with Crippen molar-refractivity contribution < 1.29 is 9.53 Å². The van der Waals surface area contributed by atoms with Crippen LogP contribution in [-0.2, 0) is 6.54 Å². The number of halogens is 1. The first kappa shape index (κ1) is 20.7. The maximum absolute atomic E-state index is 12.4. The van der Waals surface area contributed by atoms with Crippen LogP contribution in [0.3, 0.4) is 0 Å². The number of hydrogen-bond acceptors (Lipinski definition) is 4. The van der Waals surface area contributed by atoms with Gasteiger partial charge in [-0.25, -0.2) is 0 Å². The highest BCUT2D eigenvalue weighted by Gasteiger charge is 2.10. The third-order valence-corrected chi connectivity index (χ3v) is 4.74. The van der Waals surface area contributed by atoms with Gasteiger partial charge in [-0.1, -0.05) is 11.6 Å². The zero-order chi connectivity index (χ0) is 20.8. The van der Waals surface area contributed by atoms with E-state index in [1.54, 1.807) is 37.3 Å². The molecule has 1 aromatic heterocycles. The average molecular weight is 416 g/mol. The van der Waals surface area contributed by atoms with Gasteiger partial charge >= 0.3 is 11.1 Å². The fraction of sp³-hybridized carbons (Fsp3) is 0.286. The van der Waals surface area contributed by atoms with Crippen molar-refractivity contribution in [1.82, 2.24) is 14.9 Å². The first-order valence-electron chi connectivity index (χ1n) is 9.43. The fourth-order valence-electron chi connectivity index (χ4n) is 2.99. The number of carbonyl (C=O) groups is 1. The molecule has 0 aliphatic heterocycles. The number of nitrogens with zero attached hydrogens (tertiary/aromatic N) is 1. The highest BCUT2D eigenvalue weighted by atomic mass is 35.5. The summed E-state index contributed by atoms with van der Waals surface area (Å²) in [6.07, 6.45) is 1.55. The van der Waals surface area contributed by atoms with Gasteiger partial charge in [0.25, 0.3) is 5.91 Å². The second-order valence-electron chi connectivity index (χ2n) is 6.50. The maximum atomic E-state index is 12.4. The molecule has 0 radical (unpaired) electrons. The maximum Gasteiger partial charge on any atom is 0.316 e. The van der Waals surface area contributed by atoms with E-state index in [2.05, 4.69) is 10.3 Å². The normalized spacial score (nSPS) is 10.8. The Morgan fingerprint density at radius 2 is 1.90 bits per heavy atom. The van der Waals surface area contributed by atoms with E-state index in [0.29, 0.717) is 41.3 Å². The number of H-pyrrole nitrogens is 1. The number of amides is 1. The highest BCUT2D eigenvalue weighted by Crippen LogP contribution is 2.15. The molecule has 0 unspecified atom stereocenters. The van der Waals surface area contributed by atoms with Gasteiger partial charge in [-0.3, -0.25) is 14.4 Å². The monoisotopic (exact) mass is 415 g/mol. The van der Waals surface area contributed by atoms with E-state index < -0.39 is 11.1 Å². The molecule has 3 aromatic rings. The molecule has 29 heavy (non-hydrogen) atoms.